The molecular weight excluding hydrogens is 314 g/mol. The number of anilines is 1. The zero-order valence-corrected chi connectivity index (χ0v) is 13.6. The van der Waals surface area contributed by atoms with Crippen molar-refractivity contribution >= 4 is 11.7 Å². The van der Waals surface area contributed by atoms with Crippen molar-refractivity contribution in [1.82, 2.24) is 19.9 Å². The van der Waals surface area contributed by atoms with Crippen LogP contribution < -0.4 is 10.5 Å². The fourth-order valence-electron chi connectivity index (χ4n) is 3.01. The summed E-state index contributed by atoms with van der Waals surface area (Å²) in [6.07, 6.45) is 2.03. The summed E-state index contributed by atoms with van der Waals surface area (Å²) >= 11 is 0. The van der Waals surface area contributed by atoms with Gasteiger partial charge in [0.15, 0.2) is 0 Å². The molecule has 1 aromatic rings. The summed E-state index contributed by atoms with van der Waals surface area (Å²) in [5, 5.41) is 12.0. The highest BCUT2D eigenvalue weighted by atomic mass is 16.7. The van der Waals surface area contributed by atoms with E-state index in [1.807, 2.05) is 9.96 Å². The quantitative estimate of drug-likeness (QED) is 0.712. The number of carbonyl (C=O) groups excluding carboxylic acids is 1. The van der Waals surface area contributed by atoms with Crippen molar-refractivity contribution in [1.29, 1.82) is 0 Å². The molecule has 2 fully saturated rings. The van der Waals surface area contributed by atoms with E-state index in [0.717, 1.165) is 19.6 Å². The summed E-state index contributed by atoms with van der Waals surface area (Å²) in [7, 11) is 0. The van der Waals surface area contributed by atoms with Crippen LogP contribution in [0.5, 0.6) is 0 Å². The molecule has 132 valence electrons. The van der Waals surface area contributed by atoms with Crippen molar-refractivity contribution in [3.05, 3.63) is 22.7 Å². The molecule has 9 heteroatoms. The summed E-state index contributed by atoms with van der Waals surface area (Å²) in [5.74, 6) is 0.517. The van der Waals surface area contributed by atoms with E-state index in [9.17, 15) is 14.7 Å². The smallest absolute Gasteiger partial charge is 0.252 e. The van der Waals surface area contributed by atoms with Crippen LogP contribution in [-0.4, -0.2) is 82.9 Å². The Bertz CT molecular complexity index is 616. The molecule has 0 bridgehead atoms. The molecule has 24 heavy (non-hydrogen) atoms. The Morgan fingerprint density at radius 3 is 3.00 bits per heavy atom. The lowest BCUT2D eigenvalue weighted by Gasteiger charge is -2.23. The number of aliphatic hydroxyl groups is 1. The number of hydrogen-bond donors (Lipinski definition) is 2. The number of H-pyrrole nitrogens is 1. The van der Waals surface area contributed by atoms with Crippen molar-refractivity contribution in [2.24, 2.45) is 0 Å². The lowest BCUT2D eigenvalue weighted by atomic mass is 10.3. The average Bonchev–Trinajstić information content (AvgIpc) is 3.00. The van der Waals surface area contributed by atoms with Gasteiger partial charge in [-0.15, -0.1) is 0 Å². The Labute approximate surface area is 139 Å². The first-order valence-electron chi connectivity index (χ1n) is 8.25. The minimum atomic E-state index is -0.680. The molecule has 0 unspecified atom stereocenters. The highest BCUT2D eigenvalue weighted by Crippen LogP contribution is 2.13. The lowest BCUT2D eigenvalue weighted by Crippen LogP contribution is -2.39. The molecule has 1 aromatic heterocycles. The zero-order chi connectivity index (χ0) is 16.9. The minimum Gasteiger partial charge on any atom is -0.389 e. The van der Waals surface area contributed by atoms with E-state index in [1.54, 1.807) is 4.90 Å². The highest BCUT2D eigenvalue weighted by molar-refractivity contribution is 5.76. The van der Waals surface area contributed by atoms with Gasteiger partial charge in [0.2, 0.25) is 5.91 Å². The standard InChI is InChI=1S/C15H23N5O4/c21-12-9-18(13-8-14(22)17-11-16-13)5-6-19(10-12)15(23)2-4-20-3-1-7-24-20/h8,11-12,21H,1-7,9-10H2,(H,16,17,22)/t12-/m1/s1. The normalized spacial score (nSPS) is 22.6. The van der Waals surface area contributed by atoms with Gasteiger partial charge in [0, 0.05) is 51.8 Å². The summed E-state index contributed by atoms with van der Waals surface area (Å²) in [4.78, 5) is 39.3. The number of hydrogen-bond acceptors (Lipinski definition) is 7. The molecule has 3 heterocycles. The van der Waals surface area contributed by atoms with Gasteiger partial charge in [-0.2, -0.15) is 5.06 Å². The van der Waals surface area contributed by atoms with Crippen LogP contribution in [0.25, 0.3) is 0 Å². The molecule has 2 saturated heterocycles. The second-order valence-electron chi connectivity index (χ2n) is 6.07. The molecular formula is C15H23N5O4. The van der Waals surface area contributed by atoms with Crippen LogP contribution in [-0.2, 0) is 9.63 Å². The topological polar surface area (TPSA) is 102 Å². The maximum absolute atomic E-state index is 12.4. The molecule has 0 radical (unpaired) electrons. The fraction of sp³-hybridized carbons (Fsp3) is 0.667. The molecule has 1 amide bonds. The van der Waals surface area contributed by atoms with Crippen molar-refractivity contribution in [3.8, 4) is 0 Å². The Hall–Kier alpha value is -1.97. The van der Waals surface area contributed by atoms with Crippen molar-refractivity contribution in [3.63, 3.8) is 0 Å². The number of aromatic amines is 1. The van der Waals surface area contributed by atoms with Crippen molar-refractivity contribution in [2.75, 3.05) is 50.8 Å². The first kappa shape index (κ1) is 16.9. The van der Waals surface area contributed by atoms with Gasteiger partial charge in [-0.25, -0.2) is 4.98 Å². The molecule has 0 spiro atoms. The number of nitrogens with one attached hydrogen (secondary N) is 1. The third-order valence-electron chi connectivity index (χ3n) is 4.24. The van der Waals surface area contributed by atoms with Gasteiger partial charge >= 0.3 is 0 Å². The molecule has 2 N–H and O–H groups in total. The largest absolute Gasteiger partial charge is 0.389 e. The van der Waals surface area contributed by atoms with Crippen molar-refractivity contribution < 1.29 is 14.7 Å². The number of hydroxylamine groups is 2. The van der Waals surface area contributed by atoms with E-state index in [1.165, 1.54) is 12.4 Å². The number of aliphatic hydroxyl groups excluding tert-OH is 1. The Kier molecular flexibility index (Phi) is 5.44. The monoisotopic (exact) mass is 337 g/mol. The highest BCUT2D eigenvalue weighted by Gasteiger charge is 2.25. The summed E-state index contributed by atoms with van der Waals surface area (Å²) in [6, 6.07) is 1.40. The van der Waals surface area contributed by atoms with Gasteiger partial charge in [0.05, 0.1) is 19.0 Å². The predicted molar refractivity (Wildman–Crippen MR) is 86.4 cm³/mol. The summed E-state index contributed by atoms with van der Waals surface area (Å²) in [5.41, 5.74) is -0.239. The number of amides is 1. The van der Waals surface area contributed by atoms with Gasteiger partial charge in [0.1, 0.15) is 5.82 Å². The molecule has 2 aliphatic rings. The van der Waals surface area contributed by atoms with E-state index in [0.29, 0.717) is 45.0 Å². The van der Waals surface area contributed by atoms with Gasteiger partial charge in [-0.3, -0.25) is 14.4 Å². The number of aromatic nitrogens is 2. The maximum Gasteiger partial charge on any atom is 0.252 e. The second-order valence-corrected chi connectivity index (χ2v) is 6.07. The molecule has 0 aliphatic carbocycles. The van der Waals surface area contributed by atoms with E-state index < -0.39 is 6.10 Å². The van der Waals surface area contributed by atoms with E-state index >= 15 is 0 Å². The van der Waals surface area contributed by atoms with Crippen LogP contribution in [0.1, 0.15) is 12.8 Å². The average molecular weight is 337 g/mol. The van der Waals surface area contributed by atoms with Gasteiger partial charge in [-0.1, -0.05) is 0 Å². The molecule has 0 saturated carbocycles. The third-order valence-corrected chi connectivity index (χ3v) is 4.24. The molecule has 0 aromatic carbocycles. The SMILES string of the molecule is O=C(CCN1CCCO1)N1CCN(c2cc(=O)[nH]cn2)C[C@@H](O)C1. The summed E-state index contributed by atoms with van der Waals surface area (Å²) < 4.78 is 0. The van der Waals surface area contributed by atoms with E-state index in [-0.39, 0.29) is 11.5 Å². The number of β-amino-alcohol motifs (C(OH)–C–C–N with tert-alkyl or cyclic N) is 1. The minimum absolute atomic E-state index is 0.00488. The van der Waals surface area contributed by atoms with Crippen LogP contribution in [0.2, 0.25) is 0 Å². The third kappa shape index (κ3) is 4.31. The Balaban J connectivity index is 1.57. The second kappa shape index (κ2) is 7.73. The van der Waals surface area contributed by atoms with E-state index in [2.05, 4.69) is 9.97 Å². The van der Waals surface area contributed by atoms with Crippen LogP contribution in [0, 0.1) is 0 Å². The lowest BCUT2D eigenvalue weighted by molar-refractivity contribution is -0.139. The first-order chi connectivity index (χ1) is 11.6. The van der Waals surface area contributed by atoms with Crippen LogP contribution in [0.15, 0.2) is 17.2 Å². The fourth-order valence-corrected chi connectivity index (χ4v) is 3.01. The molecule has 9 nitrogen and oxygen atoms in total. The Morgan fingerprint density at radius 2 is 2.25 bits per heavy atom. The first-order valence-corrected chi connectivity index (χ1v) is 8.25. The maximum atomic E-state index is 12.4. The number of rotatable bonds is 4. The van der Waals surface area contributed by atoms with Gasteiger partial charge in [0.25, 0.3) is 5.56 Å². The number of nitrogens with zero attached hydrogens (tertiary/aromatic N) is 4. The molecule has 3 rings (SSSR count). The number of carbonyl (C=O) groups is 1. The predicted octanol–water partition coefficient (Wildman–Crippen LogP) is -1.19. The molecule has 2 aliphatic heterocycles. The van der Waals surface area contributed by atoms with Gasteiger partial charge < -0.3 is 19.9 Å². The van der Waals surface area contributed by atoms with Crippen LogP contribution >= 0.6 is 0 Å². The Morgan fingerprint density at radius 1 is 1.38 bits per heavy atom. The van der Waals surface area contributed by atoms with Crippen molar-refractivity contribution in [2.45, 2.75) is 18.9 Å². The van der Waals surface area contributed by atoms with E-state index in [4.69, 9.17) is 4.84 Å². The zero-order valence-electron chi connectivity index (χ0n) is 13.6. The van der Waals surface area contributed by atoms with Crippen LogP contribution in [0.4, 0.5) is 5.82 Å². The van der Waals surface area contributed by atoms with Gasteiger partial charge in [-0.05, 0) is 6.42 Å². The van der Waals surface area contributed by atoms with Crippen LogP contribution in [0.3, 0.4) is 0 Å². The molecule has 1 atom stereocenters. The summed E-state index contributed by atoms with van der Waals surface area (Å²) in [6.45, 7) is 3.80.